The van der Waals surface area contributed by atoms with Crippen LogP contribution in [0.2, 0.25) is 0 Å². The van der Waals surface area contributed by atoms with Gasteiger partial charge >= 0.3 is 0 Å². The molecule has 0 aliphatic rings. The van der Waals surface area contributed by atoms with Crippen LogP contribution in [0.5, 0.6) is 5.75 Å². The van der Waals surface area contributed by atoms with Crippen LogP contribution in [-0.2, 0) is 0 Å². The smallest absolute Gasteiger partial charge is 0.263 e. The third kappa shape index (κ3) is 2.83. The van der Waals surface area contributed by atoms with Crippen LogP contribution in [0.4, 0.5) is 11.6 Å². The Morgan fingerprint density at radius 2 is 1.84 bits per heavy atom. The van der Waals surface area contributed by atoms with Crippen molar-refractivity contribution in [3.63, 3.8) is 0 Å². The maximum Gasteiger partial charge on any atom is 0.263 e. The first kappa shape index (κ1) is 14.9. The summed E-state index contributed by atoms with van der Waals surface area (Å²) in [4.78, 5) is 19.6. The fourth-order valence-electron chi connectivity index (χ4n) is 2.55. The van der Waals surface area contributed by atoms with Gasteiger partial charge in [0.05, 0.1) is 19.0 Å². The van der Waals surface area contributed by atoms with Crippen LogP contribution in [0.3, 0.4) is 0 Å². The predicted octanol–water partition coefficient (Wildman–Crippen LogP) is 2.86. The van der Waals surface area contributed by atoms with E-state index in [4.69, 9.17) is 4.74 Å². The van der Waals surface area contributed by atoms with Gasteiger partial charge in [0.1, 0.15) is 11.1 Å². The standard InChI is InChI=1S/C18H15N5O2/c1-25-14-9-7-12(8-10-14)20-18-21-16-15(17(24)22-18)11-19-23(16)13-5-3-2-4-6-13/h2-11H,1H3,(H2,20,21,22,24). The molecule has 124 valence electrons. The molecule has 2 aromatic heterocycles. The SMILES string of the molecule is COc1ccc(Nc2nc3c(cnn3-c3ccccc3)c(=O)[nH]2)cc1. The molecule has 0 atom stereocenters. The summed E-state index contributed by atoms with van der Waals surface area (Å²) in [6.45, 7) is 0. The fraction of sp³-hybridized carbons (Fsp3) is 0.0556. The highest BCUT2D eigenvalue weighted by molar-refractivity contribution is 5.76. The van der Waals surface area contributed by atoms with Gasteiger partial charge < -0.3 is 10.1 Å². The third-order valence-corrected chi connectivity index (χ3v) is 3.79. The minimum Gasteiger partial charge on any atom is -0.497 e. The van der Waals surface area contributed by atoms with Crippen LogP contribution < -0.4 is 15.6 Å². The number of hydrogen-bond donors (Lipinski definition) is 2. The second kappa shape index (κ2) is 6.12. The van der Waals surface area contributed by atoms with Crippen LogP contribution in [0.25, 0.3) is 16.7 Å². The molecule has 2 heterocycles. The lowest BCUT2D eigenvalue weighted by Crippen LogP contribution is -2.11. The van der Waals surface area contributed by atoms with Crippen molar-refractivity contribution >= 4 is 22.7 Å². The van der Waals surface area contributed by atoms with Crippen molar-refractivity contribution in [3.05, 3.63) is 71.1 Å². The average molecular weight is 333 g/mol. The Bertz CT molecular complexity index is 1070. The maximum absolute atomic E-state index is 12.3. The van der Waals surface area contributed by atoms with Crippen LogP contribution in [-0.4, -0.2) is 26.9 Å². The molecule has 7 heteroatoms. The van der Waals surface area contributed by atoms with Crippen molar-refractivity contribution < 1.29 is 4.74 Å². The van der Waals surface area contributed by atoms with Gasteiger partial charge in [-0.05, 0) is 36.4 Å². The first-order chi connectivity index (χ1) is 12.2. The number of para-hydroxylation sites is 1. The van der Waals surface area contributed by atoms with E-state index in [-0.39, 0.29) is 5.56 Å². The number of fused-ring (bicyclic) bond motifs is 1. The number of aromatic amines is 1. The maximum atomic E-state index is 12.3. The van der Waals surface area contributed by atoms with Crippen molar-refractivity contribution in [1.82, 2.24) is 19.7 Å². The molecule has 0 aliphatic carbocycles. The van der Waals surface area contributed by atoms with E-state index in [1.165, 1.54) is 6.20 Å². The molecule has 0 radical (unpaired) electrons. The molecule has 25 heavy (non-hydrogen) atoms. The number of benzene rings is 2. The first-order valence-corrected chi connectivity index (χ1v) is 7.69. The van der Waals surface area contributed by atoms with Gasteiger partial charge in [0.2, 0.25) is 5.95 Å². The van der Waals surface area contributed by atoms with E-state index < -0.39 is 0 Å². The summed E-state index contributed by atoms with van der Waals surface area (Å²) in [5.41, 5.74) is 1.87. The summed E-state index contributed by atoms with van der Waals surface area (Å²) >= 11 is 0. The van der Waals surface area contributed by atoms with E-state index in [9.17, 15) is 4.79 Å². The molecule has 0 fully saturated rings. The van der Waals surface area contributed by atoms with Gasteiger partial charge in [-0.25, -0.2) is 4.68 Å². The summed E-state index contributed by atoms with van der Waals surface area (Å²) in [5, 5.41) is 7.81. The zero-order chi connectivity index (χ0) is 17.2. The molecule has 0 aliphatic heterocycles. The van der Waals surface area contributed by atoms with Crippen molar-refractivity contribution in [3.8, 4) is 11.4 Å². The Morgan fingerprint density at radius 3 is 2.56 bits per heavy atom. The lowest BCUT2D eigenvalue weighted by Gasteiger charge is -2.07. The van der Waals surface area contributed by atoms with Crippen molar-refractivity contribution in [2.45, 2.75) is 0 Å². The zero-order valence-electron chi connectivity index (χ0n) is 13.4. The van der Waals surface area contributed by atoms with Gasteiger partial charge in [-0.2, -0.15) is 10.1 Å². The fourth-order valence-corrected chi connectivity index (χ4v) is 2.55. The topological polar surface area (TPSA) is 84.8 Å². The number of nitrogens with zero attached hydrogens (tertiary/aromatic N) is 3. The number of nitrogens with one attached hydrogen (secondary N) is 2. The number of aromatic nitrogens is 4. The largest absolute Gasteiger partial charge is 0.497 e. The van der Waals surface area contributed by atoms with E-state index >= 15 is 0 Å². The summed E-state index contributed by atoms with van der Waals surface area (Å²) in [6, 6.07) is 16.9. The molecule has 2 N–H and O–H groups in total. The average Bonchev–Trinajstić information content (AvgIpc) is 3.07. The van der Waals surface area contributed by atoms with Crippen LogP contribution in [0.15, 0.2) is 65.6 Å². The molecule has 4 rings (SSSR count). The van der Waals surface area contributed by atoms with Crippen LogP contribution >= 0.6 is 0 Å². The predicted molar refractivity (Wildman–Crippen MR) is 95.8 cm³/mol. The molecule has 0 bridgehead atoms. The molecule has 0 amide bonds. The van der Waals surface area contributed by atoms with E-state index in [0.717, 1.165) is 17.1 Å². The molecule has 0 unspecified atom stereocenters. The third-order valence-electron chi connectivity index (χ3n) is 3.79. The Kier molecular flexibility index (Phi) is 3.66. The van der Waals surface area contributed by atoms with Gasteiger partial charge in [-0.3, -0.25) is 9.78 Å². The summed E-state index contributed by atoms with van der Waals surface area (Å²) in [7, 11) is 1.61. The monoisotopic (exact) mass is 333 g/mol. The highest BCUT2D eigenvalue weighted by atomic mass is 16.5. The zero-order valence-corrected chi connectivity index (χ0v) is 13.4. The second-order valence-corrected chi connectivity index (χ2v) is 5.40. The van der Waals surface area contributed by atoms with Crippen LogP contribution in [0, 0.1) is 0 Å². The van der Waals surface area contributed by atoms with Gasteiger partial charge in [-0.1, -0.05) is 18.2 Å². The van der Waals surface area contributed by atoms with Gasteiger partial charge in [0, 0.05) is 5.69 Å². The minimum atomic E-state index is -0.247. The number of ether oxygens (including phenoxy) is 1. The van der Waals surface area contributed by atoms with Gasteiger partial charge in [-0.15, -0.1) is 0 Å². The quantitative estimate of drug-likeness (QED) is 0.600. The minimum absolute atomic E-state index is 0.247. The Labute approximate surface area is 142 Å². The number of hydrogen-bond acceptors (Lipinski definition) is 5. The van der Waals surface area contributed by atoms with E-state index in [2.05, 4.69) is 20.4 Å². The number of rotatable bonds is 4. The molecule has 4 aromatic rings. The molecule has 7 nitrogen and oxygen atoms in total. The second-order valence-electron chi connectivity index (χ2n) is 5.40. The van der Waals surface area contributed by atoms with Crippen molar-refractivity contribution in [2.24, 2.45) is 0 Å². The summed E-state index contributed by atoms with van der Waals surface area (Å²) in [5.74, 6) is 1.10. The van der Waals surface area contributed by atoms with Crippen LogP contribution in [0.1, 0.15) is 0 Å². The molecule has 0 saturated carbocycles. The Balaban J connectivity index is 1.76. The summed E-state index contributed by atoms with van der Waals surface area (Å²) < 4.78 is 6.78. The normalized spacial score (nSPS) is 10.8. The van der Waals surface area contributed by atoms with E-state index in [1.54, 1.807) is 11.8 Å². The highest BCUT2D eigenvalue weighted by Gasteiger charge is 2.11. The first-order valence-electron chi connectivity index (χ1n) is 7.69. The number of H-pyrrole nitrogens is 1. The summed E-state index contributed by atoms with van der Waals surface area (Å²) in [6.07, 6.45) is 1.52. The van der Waals surface area contributed by atoms with Crippen molar-refractivity contribution in [1.29, 1.82) is 0 Å². The molecule has 0 spiro atoms. The van der Waals surface area contributed by atoms with Gasteiger partial charge in [0.25, 0.3) is 5.56 Å². The van der Waals surface area contributed by atoms with Crippen molar-refractivity contribution in [2.75, 3.05) is 12.4 Å². The molecular formula is C18H15N5O2. The Morgan fingerprint density at radius 1 is 1.08 bits per heavy atom. The number of methoxy groups -OCH3 is 1. The number of anilines is 2. The lowest BCUT2D eigenvalue weighted by molar-refractivity contribution is 0.415. The van der Waals surface area contributed by atoms with E-state index in [0.29, 0.717) is 17.0 Å². The highest BCUT2D eigenvalue weighted by Crippen LogP contribution is 2.19. The lowest BCUT2D eigenvalue weighted by atomic mass is 10.3. The Hall–Kier alpha value is -3.61. The van der Waals surface area contributed by atoms with E-state index in [1.807, 2.05) is 54.6 Å². The molecule has 2 aromatic carbocycles. The van der Waals surface area contributed by atoms with Gasteiger partial charge in [0.15, 0.2) is 5.65 Å². The molecule has 0 saturated heterocycles. The molecular weight excluding hydrogens is 318 g/mol.